The molecule has 1 aliphatic heterocycles. The van der Waals surface area contributed by atoms with Gasteiger partial charge in [-0.15, -0.1) is 11.3 Å². The molecule has 4 rings (SSSR count). The number of carbonyl (C=O) groups excluding carboxylic acids is 1. The minimum atomic E-state index is -1.24. The first-order chi connectivity index (χ1) is 14.6. The fourth-order valence-corrected chi connectivity index (χ4v) is 5.94. The molecule has 1 saturated heterocycles. The maximum atomic E-state index is 12.6. The van der Waals surface area contributed by atoms with Gasteiger partial charge in [-0.2, -0.15) is 0 Å². The Morgan fingerprint density at radius 1 is 1.03 bits per heavy atom. The van der Waals surface area contributed by atoms with E-state index in [1.54, 1.807) is 16.2 Å². The van der Waals surface area contributed by atoms with Crippen molar-refractivity contribution in [2.45, 2.75) is 5.75 Å². The lowest BCUT2D eigenvalue weighted by atomic mass is 10.1. The zero-order valence-corrected chi connectivity index (χ0v) is 18.5. The smallest absolute Gasteiger partial charge is 0.235 e. The number of rotatable bonds is 7. The lowest BCUT2D eigenvalue weighted by Crippen LogP contribution is -2.50. The van der Waals surface area contributed by atoms with Crippen LogP contribution in [-0.4, -0.2) is 70.1 Å². The van der Waals surface area contributed by atoms with Crippen molar-refractivity contribution in [1.82, 2.24) is 9.80 Å². The van der Waals surface area contributed by atoms with Crippen molar-refractivity contribution in [3.05, 3.63) is 60.2 Å². The van der Waals surface area contributed by atoms with Crippen LogP contribution in [0.3, 0.4) is 0 Å². The van der Waals surface area contributed by atoms with Crippen molar-refractivity contribution in [3.8, 4) is 10.4 Å². The fourth-order valence-electron chi connectivity index (χ4n) is 3.77. The second-order valence-corrected chi connectivity index (χ2v) is 10.1. The summed E-state index contributed by atoms with van der Waals surface area (Å²) in [5.41, 5.74) is 2.11. The Bertz CT molecular complexity index is 1010. The second kappa shape index (κ2) is 9.83. The lowest BCUT2D eigenvalue weighted by Gasteiger charge is -2.34. The molecular formula is C23H26N2O3S2. The van der Waals surface area contributed by atoms with Crippen LogP contribution in [0.5, 0.6) is 0 Å². The molecule has 1 atom stereocenters. The van der Waals surface area contributed by atoms with Gasteiger partial charge in [-0.3, -0.25) is 13.9 Å². The summed E-state index contributed by atoms with van der Waals surface area (Å²) in [5, 5.41) is 10.3. The van der Waals surface area contributed by atoms with Gasteiger partial charge in [0.25, 0.3) is 0 Å². The van der Waals surface area contributed by atoms with E-state index in [1.807, 2.05) is 24.3 Å². The molecule has 2 heterocycles. The van der Waals surface area contributed by atoms with Gasteiger partial charge in [-0.1, -0.05) is 36.4 Å². The van der Waals surface area contributed by atoms with Gasteiger partial charge in [0.15, 0.2) is 0 Å². The van der Waals surface area contributed by atoms with Crippen LogP contribution in [0.25, 0.3) is 20.5 Å². The predicted molar refractivity (Wildman–Crippen MR) is 124 cm³/mol. The number of hydrogen-bond donors (Lipinski definition) is 1. The molecule has 3 aromatic rings. The SMILES string of the molecule is O=C(CS(=O)Cc1cccc(-c2cc3ccccc3s2)c1)N1CCN(CCO)CC1. The molecule has 2 aromatic carbocycles. The Kier molecular flexibility index (Phi) is 6.94. The molecule has 158 valence electrons. The zero-order valence-electron chi connectivity index (χ0n) is 16.8. The number of thiophene rings is 1. The minimum absolute atomic E-state index is 0.0438. The van der Waals surface area contributed by atoms with E-state index in [9.17, 15) is 9.00 Å². The number of aliphatic hydroxyl groups is 1. The molecule has 0 radical (unpaired) electrons. The number of fused-ring (bicyclic) bond motifs is 1. The molecule has 5 nitrogen and oxygen atoms in total. The molecule has 0 aliphatic carbocycles. The van der Waals surface area contributed by atoms with Crippen LogP contribution in [0.4, 0.5) is 0 Å². The number of hydrogen-bond acceptors (Lipinski definition) is 5. The number of piperazine rings is 1. The normalized spacial score (nSPS) is 16.1. The molecule has 0 saturated carbocycles. The quantitative estimate of drug-likeness (QED) is 0.611. The Morgan fingerprint density at radius 3 is 2.60 bits per heavy atom. The van der Waals surface area contributed by atoms with E-state index in [0.717, 1.165) is 24.2 Å². The maximum Gasteiger partial charge on any atom is 0.235 e. The highest BCUT2D eigenvalue weighted by Gasteiger charge is 2.22. The van der Waals surface area contributed by atoms with E-state index in [0.29, 0.717) is 25.4 Å². The van der Waals surface area contributed by atoms with Crippen molar-refractivity contribution in [2.24, 2.45) is 0 Å². The Balaban J connectivity index is 1.36. The van der Waals surface area contributed by atoms with E-state index in [4.69, 9.17) is 5.11 Å². The third-order valence-corrected chi connectivity index (χ3v) is 7.78. The van der Waals surface area contributed by atoms with Crippen molar-refractivity contribution < 1.29 is 14.1 Å². The van der Waals surface area contributed by atoms with Crippen LogP contribution in [-0.2, 0) is 21.3 Å². The van der Waals surface area contributed by atoms with Crippen molar-refractivity contribution in [3.63, 3.8) is 0 Å². The summed E-state index contributed by atoms with van der Waals surface area (Å²) in [6.45, 7) is 3.57. The van der Waals surface area contributed by atoms with Gasteiger partial charge in [0.05, 0.1) is 6.61 Å². The molecule has 1 fully saturated rings. The number of β-amino-alcohol motifs (C(OH)–C–C–N with tert-alkyl or cyclic N) is 1. The number of benzene rings is 2. The van der Waals surface area contributed by atoms with E-state index in [1.165, 1.54) is 15.0 Å². The molecule has 1 aromatic heterocycles. The Labute approximate surface area is 183 Å². The topological polar surface area (TPSA) is 60.9 Å². The highest BCUT2D eigenvalue weighted by atomic mass is 32.2. The van der Waals surface area contributed by atoms with Gasteiger partial charge in [0, 0.05) is 58.9 Å². The van der Waals surface area contributed by atoms with E-state index >= 15 is 0 Å². The molecule has 1 unspecified atom stereocenters. The van der Waals surface area contributed by atoms with Gasteiger partial charge in [-0.25, -0.2) is 0 Å². The molecule has 30 heavy (non-hydrogen) atoms. The van der Waals surface area contributed by atoms with Crippen LogP contribution in [0.15, 0.2) is 54.6 Å². The van der Waals surface area contributed by atoms with E-state index in [-0.39, 0.29) is 18.3 Å². The highest BCUT2D eigenvalue weighted by Crippen LogP contribution is 2.33. The second-order valence-electron chi connectivity index (χ2n) is 7.52. The van der Waals surface area contributed by atoms with Gasteiger partial charge in [0.1, 0.15) is 5.75 Å². The molecule has 1 N–H and O–H groups in total. The largest absolute Gasteiger partial charge is 0.395 e. The van der Waals surface area contributed by atoms with Crippen LogP contribution < -0.4 is 0 Å². The number of carbonyl (C=O) groups is 1. The third kappa shape index (κ3) is 5.16. The first-order valence-electron chi connectivity index (χ1n) is 10.2. The summed E-state index contributed by atoms with van der Waals surface area (Å²) in [5.74, 6) is 0.403. The van der Waals surface area contributed by atoms with Crippen LogP contribution in [0, 0.1) is 0 Å². The molecular weight excluding hydrogens is 416 g/mol. The maximum absolute atomic E-state index is 12.6. The first-order valence-corrected chi connectivity index (χ1v) is 12.5. The summed E-state index contributed by atoms with van der Waals surface area (Å²) in [4.78, 5) is 17.6. The van der Waals surface area contributed by atoms with Gasteiger partial charge < -0.3 is 10.0 Å². The monoisotopic (exact) mass is 442 g/mol. The van der Waals surface area contributed by atoms with Crippen molar-refractivity contribution >= 4 is 38.1 Å². The number of amides is 1. The molecule has 0 bridgehead atoms. The standard InChI is InChI=1S/C23H26N2O3S2/c26-13-12-24-8-10-25(11-9-24)23(27)17-30(28)16-18-4-3-6-19(14-18)22-15-20-5-1-2-7-21(20)29-22/h1-7,14-15,26H,8-13,16-17H2. The summed E-state index contributed by atoms with van der Waals surface area (Å²) in [6.07, 6.45) is 0. The zero-order chi connectivity index (χ0) is 20.9. The summed E-state index contributed by atoms with van der Waals surface area (Å²) >= 11 is 1.75. The number of nitrogens with zero attached hydrogens (tertiary/aromatic N) is 2. The third-order valence-electron chi connectivity index (χ3n) is 5.39. The van der Waals surface area contributed by atoms with Gasteiger partial charge >= 0.3 is 0 Å². The summed E-state index contributed by atoms with van der Waals surface area (Å²) in [6, 6.07) is 18.7. The highest BCUT2D eigenvalue weighted by molar-refractivity contribution is 7.84. The Hall–Kier alpha value is -2.06. The Morgan fingerprint density at radius 2 is 1.83 bits per heavy atom. The molecule has 7 heteroatoms. The van der Waals surface area contributed by atoms with Crippen molar-refractivity contribution in [2.75, 3.05) is 45.1 Å². The summed E-state index contributed by atoms with van der Waals surface area (Å²) < 4.78 is 13.9. The average Bonchev–Trinajstić information content (AvgIpc) is 3.19. The minimum Gasteiger partial charge on any atom is -0.395 e. The van der Waals surface area contributed by atoms with E-state index in [2.05, 4.69) is 35.2 Å². The van der Waals surface area contributed by atoms with Gasteiger partial charge in [-0.05, 0) is 34.7 Å². The molecule has 1 amide bonds. The van der Waals surface area contributed by atoms with Crippen molar-refractivity contribution in [1.29, 1.82) is 0 Å². The van der Waals surface area contributed by atoms with Crippen LogP contribution in [0.1, 0.15) is 5.56 Å². The predicted octanol–water partition coefficient (Wildman–Crippen LogP) is 2.95. The summed E-state index contributed by atoms with van der Waals surface area (Å²) in [7, 11) is -1.24. The lowest BCUT2D eigenvalue weighted by molar-refractivity contribution is -0.130. The van der Waals surface area contributed by atoms with Crippen LogP contribution >= 0.6 is 11.3 Å². The van der Waals surface area contributed by atoms with Crippen LogP contribution in [0.2, 0.25) is 0 Å². The van der Waals surface area contributed by atoms with E-state index < -0.39 is 10.8 Å². The first kappa shape index (κ1) is 21.2. The number of aliphatic hydroxyl groups excluding tert-OH is 1. The molecule has 1 aliphatic rings. The van der Waals surface area contributed by atoms with Gasteiger partial charge in [0.2, 0.25) is 5.91 Å². The average molecular weight is 443 g/mol. The molecule has 0 spiro atoms. The fraction of sp³-hybridized carbons (Fsp3) is 0.348.